The Kier molecular flexibility index (Phi) is 9.32. The molecule has 156 valence electrons. The number of hydrogen-bond donors (Lipinski definition) is 2. The van der Waals surface area contributed by atoms with Crippen molar-refractivity contribution >= 4 is 41.5 Å². The number of nitrogens with one attached hydrogen (secondary N) is 2. The number of aryl methyl sites for hydroxylation is 1. The summed E-state index contributed by atoms with van der Waals surface area (Å²) in [7, 11) is 1.73. The SMILES string of the molecule is CCc1nncn1CCNC(=NC)NCCc1nc(-c2ccc(Cl)cc2)no1.I. The van der Waals surface area contributed by atoms with Gasteiger partial charge >= 0.3 is 0 Å². The summed E-state index contributed by atoms with van der Waals surface area (Å²) < 4.78 is 7.33. The van der Waals surface area contributed by atoms with Crippen LogP contribution in [-0.2, 0) is 19.4 Å². The van der Waals surface area contributed by atoms with Gasteiger partial charge in [-0.25, -0.2) is 0 Å². The zero-order valence-electron chi connectivity index (χ0n) is 16.3. The maximum Gasteiger partial charge on any atom is 0.228 e. The molecular weight excluding hydrogens is 507 g/mol. The molecule has 0 radical (unpaired) electrons. The smallest absolute Gasteiger partial charge is 0.228 e. The van der Waals surface area contributed by atoms with E-state index in [1.165, 1.54) is 0 Å². The van der Waals surface area contributed by atoms with Gasteiger partial charge in [0.05, 0.1) is 0 Å². The third-order valence-corrected chi connectivity index (χ3v) is 4.33. The predicted molar refractivity (Wildman–Crippen MR) is 123 cm³/mol. The van der Waals surface area contributed by atoms with Crippen LogP contribution in [-0.4, -0.2) is 51.0 Å². The second-order valence-corrected chi connectivity index (χ2v) is 6.42. The van der Waals surface area contributed by atoms with Gasteiger partial charge in [0.15, 0.2) is 5.96 Å². The van der Waals surface area contributed by atoms with Crippen LogP contribution >= 0.6 is 35.6 Å². The van der Waals surface area contributed by atoms with Crippen molar-refractivity contribution in [3.8, 4) is 11.4 Å². The van der Waals surface area contributed by atoms with Crippen LogP contribution in [0.2, 0.25) is 5.02 Å². The molecule has 0 aliphatic rings. The van der Waals surface area contributed by atoms with Gasteiger partial charge in [-0.15, -0.1) is 34.2 Å². The molecule has 9 nitrogen and oxygen atoms in total. The molecule has 29 heavy (non-hydrogen) atoms. The zero-order chi connectivity index (χ0) is 19.8. The van der Waals surface area contributed by atoms with Crippen LogP contribution in [0, 0.1) is 0 Å². The average molecular weight is 531 g/mol. The Bertz CT molecular complexity index is 909. The van der Waals surface area contributed by atoms with Crippen LogP contribution in [0.5, 0.6) is 0 Å². The Morgan fingerprint density at radius 3 is 2.69 bits per heavy atom. The topological polar surface area (TPSA) is 106 Å². The maximum absolute atomic E-state index is 5.90. The lowest BCUT2D eigenvalue weighted by Crippen LogP contribution is -2.39. The Hall–Kier alpha value is -2.21. The van der Waals surface area contributed by atoms with E-state index in [1.54, 1.807) is 25.5 Å². The Balaban J connectivity index is 0.00000300. The lowest BCUT2D eigenvalue weighted by Gasteiger charge is -2.11. The zero-order valence-corrected chi connectivity index (χ0v) is 19.4. The molecule has 0 unspecified atom stereocenters. The molecule has 2 heterocycles. The van der Waals surface area contributed by atoms with Gasteiger partial charge in [0.1, 0.15) is 12.2 Å². The molecule has 0 bridgehead atoms. The molecule has 0 fully saturated rings. The number of halogens is 2. The van der Waals surface area contributed by atoms with Crippen LogP contribution in [0.4, 0.5) is 0 Å². The van der Waals surface area contributed by atoms with Crippen LogP contribution < -0.4 is 10.6 Å². The van der Waals surface area contributed by atoms with Gasteiger partial charge in [-0.3, -0.25) is 4.99 Å². The van der Waals surface area contributed by atoms with Crippen molar-refractivity contribution in [2.45, 2.75) is 26.3 Å². The third-order valence-electron chi connectivity index (χ3n) is 4.08. The number of nitrogens with zero attached hydrogens (tertiary/aromatic N) is 6. The second kappa shape index (κ2) is 11.7. The van der Waals surface area contributed by atoms with Crippen molar-refractivity contribution in [3.05, 3.63) is 47.3 Å². The number of aromatic nitrogens is 5. The van der Waals surface area contributed by atoms with Gasteiger partial charge < -0.3 is 19.7 Å². The fourth-order valence-electron chi connectivity index (χ4n) is 2.62. The Morgan fingerprint density at radius 2 is 1.97 bits per heavy atom. The average Bonchev–Trinajstić information content (AvgIpc) is 3.36. The van der Waals surface area contributed by atoms with Crippen molar-refractivity contribution in [1.29, 1.82) is 0 Å². The van der Waals surface area contributed by atoms with Gasteiger partial charge in [0.25, 0.3) is 0 Å². The van der Waals surface area contributed by atoms with E-state index in [9.17, 15) is 0 Å². The lowest BCUT2D eigenvalue weighted by molar-refractivity contribution is 0.378. The normalized spacial score (nSPS) is 11.2. The Morgan fingerprint density at radius 1 is 1.21 bits per heavy atom. The number of hydrogen-bond acceptors (Lipinski definition) is 6. The van der Waals surface area contributed by atoms with E-state index >= 15 is 0 Å². The first-order valence-electron chi connectivity index (χ1n) is 9.09. The van der Waals surface area contributed by atoms with E-state index in [4.69, 9.17) is 16.1 Å². The molecule has 0 spiro atoms. The van der Waals surface area contributed by atoms with Gasteiger partial charge in [-0.05, 0) is 24.3 Å². The number of guanidine groups is 1. The lowest BCUT2D eigenvalue weighted by atomic mass is 10.2. The van der Waals surface area contributed by atoms with Crippen LogP contribution in [0.25, 0.3) is 11.4 Å². The fourth-order valence-corrected chi connectivity index (χ4v) is 2.74. The maximum atomic E-state index is 5.90. The molecule has 3 aromatic rings. The van der Waals surface area contributed by atoms with Crippen LogP contribution in [0.1, 0.15) is 18.6 Å². The standard InChI is InChI=1S/C18H23ClN8O.HI/c1-3-15-25-23-12-27(15)11-10-22-18(20-2)21-9-8-16-24-17(26-28-16)13-4-6-14(19)7-5-13;/h4-7,12H,3,8-11H2,1-2H3,(H2,20,21,22);1H. The molecule has 3 rings (SSSR count). The summed E-state index contributed by atoms with van der Waals surface area (Å²) in [5, 5.41) is 19.2. The molecule has 2 N–H and O–H groups in total. The summed E-state index contributed by atoms with van der Waals surface area (Å²) in [6.07, 6.45) is 3.19. The predicted octanol–water partition coefficient (Wildman–Crippen LogP) is 2.57. The van der Waals surface area contributed by atoms with Crippen molar-refractivity contribution < 1.29 is 4.52 Å². The van der Waals surface area contributed by atoms with Crippen LogP contribution in [0.3, 0.4) is 0 Å². The van der Waals surface area contributed by atoms with Gasteiger partial charge in [0, 0.05) is 50.1 Å². The summed E-state index contributed by atoms with van der Waals surface area (Å²) in [4.78, 5) is 8.63. The molecule has 0 atom stereocenters. The van der Waals surface area contributed by atoms with E-state index in [1.807, 2.05) is 16.7 Å². The summed E-state index contributed by atoms with van der Waals surface area (Å²) >= 11 is 5.90. The first-order chi connectivity index (χ1) is 13.7. The molecule has 11 heteroatoms. The molecule has 2 aromatic heterocycles. The molecular formula is C18H24ClIN8O. The van der Waals surface area contributed by atoms with Crippen molar-refractivity contribution in [2.75, 3.05) is 20.1 Å². The van der Waals surface area contributed by atoms with Crippen LogP contribution in [0.15, 0.2) is 40.1 Å². The molecule has 0 aliphatic carbocycles. The summed E-state index contributed by atoms with van der Waals surface area (Å²) in [6, 6.07) is 7.32. The van der Waals surface area contributed by atoms with Gasteiger partial charge in [-0.1, -0.05) is 23.7 Å². The first-order valence-corrected chi connectivity index (χ1v) is 9.47. The molecule has 0 saturated heterocycles. The van der Waals surface area contributed by atoms with Crippen molar-refractivity contribution in [1.82, 2.24) is 35.5 Å². The largest absolute Gasteiger partial charge is 0.356 e. The summed E-state index contributed by atoms with van der Waals surface area (Å²) in [6.45, 7) is 4.16. The van der Waals surface area contributed by atoms with Gasteiger partial charge in [-0.2, -0.15) is 4.98 Å². The second-order valence-electron chi connectivity index (χ2n) is 5.99. The number of rotatable bonds is 8. The molecule has 0 saturated carbocycles. The highest BCUT2D eigenvalue weighted by molar-refractivity contribution is 14.0. The number of aliphatic imine (C=N–C) groups is 1. The minimum absolute atomic E-state index is 0. The minimum Gasteiger partial charge on any atom is -0.356 e. The number of benzene rings is 1. The monoisotopic (exact) mass is 530 g/mol. The van der Waals surface area contributed by atoms with Crippen molar-refractivity contribution in [2.24, 2.45) is 4.99 Å². The highest BCUT2D eigenvalue weighted by atomic mass is 127. The summed E-state index contributed by atoms with van der Waals surface area (Å²) in [5.74, 6) is 2.79. The Labute approximate surface area is 191 Å². The van der Waals surface area contributed by atoms with Gasteiger partial charge in [0.2, 0.25) is 11.7 Å². The van der Waals surface area contributed by atoms with Crippen molar-refractivity contribution in [3.63, 3.8) is 0 Å². The first kappa shape index (κ1) is 23.1. The minimum atomic E-state index is 0. The van der Waals surface area contributed by atoms with E-state index < -0.39 is 0 Å². The molecule has 0 aliphatic heterocycles. The quantitative estimate of drug-likeness (QED) is 0.262. The fraction of sp³-hybridized carbons (Fsp3) is 0.389. The highest BCUT2D eigenvalue weighted by Gasteiger charge is 2.09. The summed E-state index contributed by atoms with van der Waals surface area (Å²) in [5.41, 5.74) is 0.866. The highest BCUT2D eigenvalue weighted by Crippen LogP contribution is 2.18. The molecule has 0 amide bonds. The van der Waals surface area contributed by atoms with E-state index in [0.717, 1.165) is 24.4 Å². The van der Waals surface area contributed by atoms with E-state index in [-0.39, 0.29) is 24.0 Å². The molecule has 1 aromatic carbocycles. The van der Waals surface area contributed by atoms with E-state index in [0.29, 0.717) is 42.2 Å². The van der Waals surface area contributed by atoms with E-state index in [2.05, 4.69) is 42.9 Å². The third kappa shape index (κ3) is 6.67.